The van der Waals surface area contributed by atoms with Gasteiger partial charge in [0.2, 0.25) is 5.91 Å². The van der Waals surface area contributed by atoms with Crippen LogP contribution in [0.25, 0.3) is 28.3 Å². The lowest BCUT2D eigenvalue weighted by Gasteiger charge is -2.20. The van der Waals surface area contributed by atoms with Crippen LogP contribution in [0.15, 0.2) is 70.3 Å². The fraction of sp³-hybridized carbons (Fsp3) is 0.290. The summed E-state index contributed by atoms with van der Waals surface area (Å²) < 4.78 is 49.1. The molecule has 1 aliphatic heterocycles. The molecule has 5 aromatic rings. The zero-order valence-corrected chi connectivity index (χ0v) is 24.9. The van der Waals surface area contributed by atoms with Crippen LogP contribution in [0.2, 0.25) is 5.02 Å². The summed E-state index contributed by atoms with van der Waals surface area (Å²) in [5.74, 6) is -0.961. The lowest BCUT2D eigenvalue weighted by atomic mass is 9.88. The number of benzene rings is 1. The van der Waals surface area contributed by atoms with Crippen LogP contribution >= 0.6 is 11.6 Å². The van der Waals surface area contributed by atoms with Gasteiger partial charge >= 0.3 is 5.63 Å². The first kappa shape index (κ1) is 30.3. The zero-order chi connectivity index (χ0) is 31.8. The number of nitrogens with zero attached hydrogens (tertiary/aromatic N) is 6. The molecule has 1 aliphatic rings. The van der Waals surface area contributed by atoms with Gasteiger partial charge in [0.15, 0.2) is 6.30 Å². The van der Waals surface area contributed by atoms with E-state index in [9.17, 15) is 22.8 Å². The summed E-state index contributed by atoms with van der Waals surface area (Å²) in [5, 5.41) is 14.7. The highest BCUT2D eigenvalue weighted by atomic mass is 35.5. The number of alkyl halides is 3. The molecule has 10 nitrogen and oxygen atoms in total. The maximum atomic E-state index is 14.6. The Morgan fingerprint density at radius 3 is 2.64 bits per heavy atom. The van der Waals surface area contributed by atoms with Crippen LogP contribution in [0.5, 0.6) is 0 Å². The Bertz CT molecular complexity index is 1940. The number of halogens is 4. The lowest BCUT2D eigenvalue weighted by Crippen LogP contribution is -2.22. The molecule has 0 radical (unpaired) electrons. The van der Waals surface area contributed by atoms with E-state index in [1.165, 1.54) is 17.8 Å². The third-order valence-corrected chi connectivity index (χ3v) is 8.05. The second-order valence-corrected chi connectivity index (χ2v) is 11.3. The number of pyridine rings is 1. The monoisotopic (exact) mass is 637 g/mol. The maximum Gasteiger partial charge on any atom is 0.340 e. The molecule has 0 fully saturated rings. The van der Waals surface area contributed by atoms with Gasteiger partial charge in [-0.3, -0.25) is 9.78 Å². The molecule has 45 heavy (non-hydrogen) atoms. The first-order chi connectivity index (χ1) is 21.6. The molecule has 0 saturated heterocycles. The number of carbonyl (C=O) groups is 1. The number of anilines is 1. The van der Waals surface area contributed by atoms with E-state index in [1.54, 1.807) is 55.6 Å². The van der Waals surface area contributed by atoms with Crippen LogP contribution in [0, 0.1) is 5.92 Å². The Hall–Kier alpha value is -4.78. The maximum absolute atomic E-state index is 14.6. The van der Waals surface area contributed by atoms with E-state index in [4.69, 9.17) is 16.0 Å². The second kappa shape index (κ2) is 12.3. The minimum atomic E-state index is -2.81. The number of nitrogens with one attached hydrogen (secondary N) is 1. The van der Waals surface area contributed by atoms with Gasteiger partial charge in [-0.2, -0.15) is 5.10 Å². The highest BCUT2D eigenvalue weighted by molar-refractivity contribution is 6.31. The van der Waals surface area contributed by atoms with E-state index < -0.39 is 30.0 Å². The number of aromatic nitrogens is 6. The molecule has 0 saturated carbocycles. The molecule has 14 heteroatoms. The number of hydrogen-bond acceptors (Lipinski definition) is 7. The van der Waals surface area contributed by atoms with Crippen LogP contribution in [-0.4, -0.2) is 35.7 Å². The van der Waals surface area contributed by atoms with E-state index in [2.05, 4.69) is 25.7 Å². The smallest absolute Gasteiger partial charge is 0.340 e. The van der Waals surface area contributed by atoms with Crippen molar-refractivity contribution in [3.05, 3.63) is 93.4 Å². The fourth-order valence-electron chi connectivity index (χ4n) is 5.50. The summed E-state index contributed by atoms with van der Waals surface area (Å²) in [5.41, 5.74) is 1.74. The zero-order valence-electron chi connectivity index (χ0n) is 24.1. The van der Waals surface area contributed by atoms with Crippen LogP contribution in [0.4, 0.5) is 18.9 Å². The van der Waals surface area contributed by atoms with Crippen molar-refractivity contribution in [2.24, 2.45) is 5.92 Å². The molecule has 3 atom stereocenters. The Labute approximate surface area is 259 Å². The molecule has 1 aromatic carbocycles. The Morgan fingerprint density at radius 1 is 1.09 bits per heavy atom. The third kappa shape index (κ3) is 5.99. The molecule has 1 amide bonds. The quantitative estimate of drug-likeness (QED) is 0.218. The third-order valence-electron chi connectivity index (χ3n) is 7.81. The van der Waals surface area contributed by atoms with E-state index in [-0.39, 0.29) is 17.6 Å². The molecular formula is C31H27ClF3N7O3. The van der Waals surface area contributed by atoms with Gasteiger partial charge in [-0.25, -0.2) is 27.3 Å². The molecule has 1 N–H and O–H groups in total. The number of rotatable bonds is 5. The van der Waals surface area contributed by atoms with Crippen LogP contribution in [0.1, 0.15) is 68.7 Å². The van der Waals surface area contributed by atoms with Crippen molar-refractivity contribution in [2.75, 3.05) is 5.32 Å². The molecule has 4 aromatic heterocycles. The second-order valence-electron chi connectivity index (χ2n) is 10.9. The van der Waals surface area contributed by atoms with Gasteiger partial charge in [0.25, 0.3) is 6.43 Å². The van der Waals surface area contributed by atoms with Crippen LogP contribution < -0.4 is 10.9 Å². The van der Waals surface area contributed by atoms with E-state index in [1.807, 2.05) is 0 Å². The molecule has 232 valence electrons. The molecule has 1 unspecified atom stereocenters. The Kier molecular flexibility index (Phi) is 8.28. The van der Waals surface area contributed by atoms with Crippen molar-refractivity contribution in [2.45, 2.75) is 51.7 Å². The summed E-state index contributed by atoms with van der Waals surface area (Å²) >= 11 is 6.26. The summed E-state index contributed by atoms with van der Waals surface area (Å²) in [6.07, 6.45) is 1.39. The number of hydrogen-bond donors (Lipinski definition) is 1. The van der Waals surface area contributed by atoms with E-state index in [0.717, 1.165) is 10.9 Å². The lowest BCUT2D eigenvalue weighted by molar-refractivity contribution is -0.119. The predicted molar refractivity (Wildman–Crippen MR) is 160 cm³/mol. The first-order valence-corrected chi connectivity index (χ1v) is 14.6. The first-order valence-electron chi connectivity index (χ1n) is 14.2. The van der Waals surface area contributed by atoms with Crippen molar-refractivity contribution in [3.63, 3.8) is 0 Å². The highest BCUT2D eigenvalue weighted by Crippen LogP contribution is 2.37. The molecule has 0 spiro atoms. The van der Waals surface area contributed by atoms with Gasteiger partial charge in [-0.15, -0.1) is 5.10 Å². The SMILES string of the molecule is CC(F)n1ncc2c1-c1ccnc(c1)[C@H](c1ccc(-c3cc(Cl)ccc3-n3cc(C(F)F)nn3)oc1=O)CCC[C@@H](C)C(=O)N2. The standard InChI is InChI=1S/C31H27ClF3N7O3/c1-16-4-3-5-20(23-12-18(10-11-36-23)28-24(38-30(16)43)14-37-42(28)17(2)33)21-7-9-27(45-31(21)44)22-13-19(32)6-8-26(22)41-15-25(29(34)35)39-40-41/h6-17,20,29H,3-5H2,1-2H3,(H,38,43)/t16-,17?,20+/m1/s1. The topological polar surface area (TPSA) is 121 Å². The summed E-state index contributed by atoms with van der Waals surface area (Å²) in [6.45, 7) is 3.15. The summed E-state index contributed by atoms with van der Waals surface area (Å²) in [7, 11) is 0. The van der Waals surface area contributed by atoms with Crippen molar-refractivity contribution in [3.8, 4) is 28.3 Å². The van der Waals surface area contributed by atoms with E-state index in [0.29, 0.717) is 63.7 Å². The van der Waals surface area contributed by atoms with E-state index >= 15 is 0 Å². The van der Waals surface area contributed by atoms with Gasteiger partial charge in [0.05, 0.1) is 29.5 Å². The Morgan fingerprint density at radius 2 is 1.91 bits per heavy atom. The highest BCUT2D eigenvalue weighted by Gasteiger charge is 2.27. The molecular weight excluding hydrogens is 611 g/mol. The van der Waals surface area contributed by atoms with Gasteiger partial charge < -0.3 is 9.73 Å². The molecule has 2 bridgehead atoms. The molecule has 0 aliphatic carbocycles. The van der Waals surface area contributed by atoms with Crippen molar-refractivity contribution in [1.82, 2.24) is 29.8 Å². The minimum absolute atomic E-state index is 0.140. The number of amides is 1. The average Bonchev–Trinajstić information content (AvgIpc) is 3.67. The summed E-state index contributed by atoms with van der Waals surface area (Å²) in [4.78, 5) is 31.2. The Balaban J connectivity index is 1.43. The van der Waals surface area contributed by atoms with Crippen molar-refractivity contribution < 1.29 is 22.4 Å². The summed E-state index contributed by atoms with van der Waals surface area (Å²) in [6, 6.07) is 11.3. The van der Waals surface area contributed by atoms with Gasteiger partial charge in [0.1, 0.15) is 11.5 Å². The minimum Gasteiger partial charge on any atom is -0.422 e. The van der Waals surface area contributed by atoms with Crippen LogP contribution in [-0.2, 0) is 4.79 Å². The normalized spacial score (nSPS) is 17.7. The molecule has 6 rings (SSSR count). The van der Waals surface area contributed by atoms with Crippen molar-refractivity contribution >= 4 is 23.2 Å². The van der Waals surface area contributed by atoms with Gasteiger partial charge in [-0.1, -0.05) is 30.2 Å². The number of carbonyl (C=O) groups excluding carboxylic acids is 1. The predicted octanol–water partition coefficient (Wildman–Crippen LogP) is 7.12. The average molecular weight is 638 g/mol. The largest absolute Gasteiger partial charge is 0.422 e. The van der Waals surface area contributed by atoms with Gasteiger partial charge in [-0.05, 0) is 62.2 Å². The van der Waals surface area contributed by atoms with Gasteiger partial charge in [0, 0.05) is 45.4 Å². The fourth-order valence-corrected chi connectivity index (χ4v) is 5.68. The van der Waals surface area contributed by atoms with Crippen molar-refractivity contribution in [1.29, 1.82) is 0 Å². The van der Waals surface area contributed by atoms with Crippen LogP contribution in [0.3, 0.4) is 0 Å². The molecule has 5 heterocycles. The number of fused-ring (bicyclic) bond motifs is 4.